The van der Waals surface area contributed by atoms with Crippen LogP contribution in [0.4, 0.5) is 0 Å². The first kappa shape index (κ1) is 9.03. The molecule has 12 heavy (non-hydrogen) atoms. The number of carbonyl (C=O) groups excluding carboxylic acids is 2. The average molecular weight is 171 g/mol. The molecule has 4 heteroatoms. The molecule has 68 valence electrons. The molecule has 0 bridgehead atoms. The fourth-order valence-electron chi connectivity index (χ4n) is 1.40. The van der Waals surface area contributed by atoms with Crippen molar-refractivity contribution in [1.82, 2.24) is 5.32 Å². The number of methoxy groups -OCH3 is 1. The largest absolute Gasteiger partial charge is 0.469 e. The van der Waals surface area contributed by atoms with Crippen molar-refractivity contribution in [3.05, 3.63) is 0 Å². The summed E-state index contributed by atoms with van der Waals surface area (Å²) in [5, 5.41) is 2.55. The fourth-order valence-corrected chi connectivity index (χ4v) is 1.40. The van der Waals surface area contributed by atoms with E-state index < -0.39 is 0 Å². The Morgan fingerprint density at radius 2 is 1.92 bits per heavy atom. The first-order valence-corrected chi connectivity index (χ1v) is 3.98. The highest BCUT2D eigenvalue weighted by Gasteiger charge is 2.38. The monoisotopic (exact) mass is 171 g/mol. The number of nitrogens with one attached hydrogen (secondary N) is 1. The van der Waals surface area contributed by atoms with E-state index in [4.69, 9.17) is 0 Å². The van der Waals surface area contributed by atoms with Gasteiger partial charge in [-0.05, 0) is 12.8 Å². The topological polar surface area (TPSA) is 55.4 Å². The van der Waals surface area contributed by atoms with Gasteiger partial charge in [0, 0.05) is 13.0 Å². The van der Waals surface area contributed by atoms with Crippen LogP contribution < -0.4 is 5.32 Å². The molecular formula is C8H13NO3. The average Bonchev–Trinajstić information content (AvgIpc) is 2.01. The number of ether oxygens (including phenoxy) is 1. The minimum absolute atomic E-state index is 0.0131. The van der Waals surface area contributed by atoms with Crippen molar-refractivity contribution >= 4 is 11.9 Å². The minimum atomic E-state index is -0.199. The summed E-state index contributed by atoms with van der Waals surface area (Å²) in [5.74, 6) is -0.221. The third-order valence-electron chi connectivity index (χ3n) is 2.29. The molecule has 0 unspecified atom stereocenters. The maximum Gasteiger partial charge on any atom is 0.308 e. The maximum atomic E-state index is 11.0. The van der Waals surface area contributed by atoms with Crippen LogP contribution in [0.1, 0.15) is 12.8 Å². The van der Waals surface area contributed by atoms with E-state index in [1.54, 1.807) is 7.05 Å². The lowest BCUT2D eigenvalue weighted by Gasteiger charge is -2.31. The fraction of sp³-hybridized carbons (Fsp3) is 0.750. The lowest BCUT2D eigenvalue weighted by molar-refractivity contribution is -0.151. The molecule has 0 aromatic carbocycles. The van der Waals surface area contributed by atoms with Crippen LogP contribution >= 0.6 is 0 Å². The molecule has 0 aromatic heterocycles. The van der Waals surface area contributed by atoms with Gasteiger partial charge in [-0.3, -0.25) is 9.59 Å². The van der Waals surface area contributed by atoms with Crippen molar-refractivity contribution < 1.29 is 14.3 Å². The molecule has 1 amide bonds. The maximum absolute atomic E-state index is 11.0. The Morgan fingerprint density at radius 1 is 1.33 bits per heavy atom. The summed E-state index contributed by atoms with van der Waals surface area (Å²) in [4.78, 5) is 21.9. The summed E-state index contributed by atoms with van der Waals surface area (Å²) in [6.45, 7) is 0. The van der Waals surface area contributed by atoms with Gasteiger partial charge >= 0.3 is 5.97 Å². The Kier molecular flexibility index (Phi) is 2.68. The van der Waals surface area contributed by atoms with E-state index in [1.807, 2.05) is 0 Å². The third-order valence-corrected chi connectivity index (χ3v) is 2.29. The number of hydrogen-bond acceptors (Lipinski definition) is 3. The number of carbonyl (C=O) groups is 2. The standard InChI is InChI=1S/C8H13NO3/c1-9-7(10)5-3-6(4-5)8(11)12-2/h5-6H,3-4H2,1-2H3,(H,9,10)/t5-,6-. The first-order chi connectivity index (χ1) is 5.69. The molecule has 1 N–H and O–H groups in total. The smallest absolute Gasteiger partial charge is 0.308 e. The molecule has 4 nitrogen and oxygen atoms in total. The normalized spacial score (nSPS) is 27.2. The van der Waals surface area contributed by atoms with Gasteiger partial charge in [-0.2, -0.15) is 0 Å². The van der Waals surface area contributed by atoms with Gasteiger partial charge in [-0.1, -0.05) is 0 Å². The molecule has 1 fully saturated rings. The quantitative estimate of drug-likeness (QED) is 0.592. The second-order valence-corrected chi connectivity index (χ2v) is 3.00. The predicted molar refractivity (Wildman–Crippen MR) is 42.3 cm³/mol. The molecule has 0 atom stereocenters. The zero-order valence-corrected chi connectivity index (χ0v) is 7.29. The van der Waals surface area contributed by atoms with Crippen molar-refractivity contribution in [2.75, 3.05) is 14.2 Å². The molecule has 1 rings (SSSR count). The van der Waals surface area contributed by atoms with Crippen LogP contribution in [0.3, 0.4) is 0 Å². The summed E-state index contributed by atoms with van der Waals surface area (Å²) >= 11 is 0. The van der Waals surface area contributed by atoms with Crippen molar-refractivity contribution in [3.63, 3.8) is 0 Å². The van der Waals surface area contributed by atoms with Crippen molar-refractivity contribution in [3.8, 4) is 0 Å². The number of amides is 1. The Balaban J connectivity index is 2.28. The Morgan fingerprint density at radius 3 is 2.33 bits per heavy atom. The molecular weight excluding hydrogens is 158 g/mol. The third kappa shape index (κ3) is 1.57. The highest BCUT2D eigenvalue weighted by molar-refractivity contribution is 5.83. The second-order valence-electron chi connectivity index (χ2n) is 3.00. The predicted octanol–water partition coefficient (Wildman–Crippen LogP) is -0.0684. The lowest BCUT2D eigenvalue weighted by Crippen LogP contribution is -2.40. The summed E-state index contributed by atoms with van der Waals surface area (Å²) in [5.41, 5.74) is 0. The van der Waals surface area contributed by atoms with E-state index in [9.17, 15) is 9.59 Å². The molecule has 0 saturated heterocycles. The van der Waals surface area contributed by atoms with Crippen LogP contribution in [0.2, 0.25) is 0 Å². The summed E-state index contributed by atoms with van der Waals surface area (Å²) < 4.78 is 4.55. The van der Waals surface area contributed by atoms with E-state index in [0.717, 1.165) is 0 Å². The first-order valence-electron chi connectivity index (χ1n) is 3.98. The van der Waals surface area contributed by atoms with E-state index in [1.165, 1.54) is 7.11 Å². The number of esters is 1. The van der Waals surface area contributed by atoms with E-state index in [-0.39, 0.29) is 23.7 Å². The van der Waals surface area contributed by atoms with Crippen LogP contribution in [-0.2, 0) is 14.3 Å². The number of hydrogen-bond donors (Lipinski definition) is 1. The van der Waals surface area contributed by atoms with Gasteiger partial charge in [0.15, 0.2) is 0 Å². The Bertz CT molecular complexity index is 176. The molecule has 1 aliphatic carbocycles. The molecule has 0 aliphatic heterocycles. The van der Waals surface area contributed by atoms with E-state index >= 15 is 0 Å². The summed E-state index contributed by atoms with van der Waals surface area (Å²) in [7, 11) is 2.98. The van der Waals surface area contributed by atoms with Gasteiger partial charge in [0.25, 0.3) is 0 Å². The van der Waals surface area contributed by atoms with Gasteiger partial charge in [0.1, 0.15) is 0 Å². The van der Waals surface area contributed by atoms with Crippen LogP contribution in [0.5, 0.6) is 0 Å². The highest BCUT2D eigenvalue weighted by atomic mass is 16.5. The lowest BCUT2D eigenvalue weighted by atomic mass is 9.74. The van der Waals surface area contributed by atoms with E-state index in [0.29, 0.717) is 12.8 Å². The van der Waals surface area contributed by atoms with Gasteiger partial charge in [-0.25, -0.2) is 0 Å². The molecule has 0 spiro atoms. The minimum Gasteiger partial charge on any atom is -0.469 e. The van der Waals surface area contributed by atoms with Crippen LogP contribution in [0.25, 0.3) is 0 Å². The van der Waals surface area contributed by atoms with Gasteiger partial charge in [0.2, 0.25) is 5.91 Å². The Hall–Kier alpha value is -1.06. The van der Waals surface area contributed by atoms with Crippen LogP contribution in [0, 0.1) is 11.8 Å². The van der Waals surface area contributed by atoms with Crippen LogP contribution in [-0.4, -0.2) is 26.0 Å². The molecule has 0 heterocycles. The molecule has 1 aliphatic rings. The molecule has 0 aromatic rings. The second kappa shape index (κ2) is 3.56. The number of rotatable bonds is 2. The summed E-state index contributed by atoms with van der Waals surface area (Å²) in [6.07, 6.45) is 1.26. The van der Waals surface area contributed by atoms with Crippen molar-refractivity contribution in [2.24, 2.45) is 11.8 Å². The molecule has 0 radical (unpaired) electrons. The Labute approximate surface area is 71.3 Å². The van der Waals surface area contributed by atoms with Crippen LogP contribution in [0.15, 0.2) is 0 Å². The van der Waals surface area contributed by atoms with Gasteiger partial charge < -0.3 is 10.1 Å². The molecule has 1 saturated carbocycles. The summed E-state index contributed by atoms with van der Waals surface area (Å²) in [6, 6.07) is 0. The zero-order valence-electron chi connectivity index (χ0n) is 7.29. The SMILES string of the molecule is CNC(=O)[C@H]1C[C@H](C(=O)OC)C1. The highest BCUT2D eigenvalue weighted by Crippen LogP contribution is 2.34. The van der Waals surface area contributed by atoms with Crippen molar-refractivity contribution in [2.45, 2.75) is 12.8 Å². The zero-order chi connectivity index (χ0) is 9.14. The van der Waals surface area contributed by atoms with Crippen molar-refractivity contribution in [1.29, 1.82) is 0 Å². The van der Waals surface area contributed by atoms with Gasteiger partial charge in [-0.15, -0.1) is 0 Å². The van der Waals surface area contributed by atoms with E-state index in [2.05, 4.69) is 10.1 Å². The van der Waals surface area contributed by atoms with Gasteiger partial charge in [0.05, 0.1) is 13.0 Å².